The van der Waals surface area contributed by atoms with Gasteiger partial charge in [-0.25, -0.2) is 4.98 Å². The number of nitrogens with two attached hydrogens (primary N) is 1. The van der Waals surface area contributed by atoms with Crippen LogP contribution in [-0.4, -0.2) is 22.5 Å². The predicted molar refractivity (Wildman–Crippen MR) is 67.6 cm³/mol. The first-order chi connectivity index (χ1) is 8.11. The van der Waals surface area contributed by atoms with Crippen LogP contribution < -0.4 is 11.1 Å². The van der Waals surface area contributed by atoms with Crippen molar-refractivity contribution in [3.05, 3.63) is 24.0 Å². The molecule has 0 aliphatic carbocycles. The summed E-state index contributed by atoms with van der Waals surface area (Å²) in [5, 5.41) is 2.61. The summed E-state index contributed by atoms with van der Waals surface area (Å²) in [5.41, 5.74) is 8.30. The number of aryl methyl sites for hydroxylation is 2. The molecule has 0 radical (unpaired) electrons. The first kappa shape index (κ1) is 11.4. The Morgan fingerprint density at radius 1 is 1.53 bits per heavy atom. The zero-order valence-electron chi connectivity index (χ0n) is 10.0. The second-order valence-electron chi connectivity index (χ2n) is 3.98. The summed E-state index contributed by atoms with van der Waals surface area (Å²) in [4.78, 5) is 15.7. The third-order valence-electron chi connectivity index (χ3n) is 2.80. The summed E-state index contributed by atoms with van der Waals surface area (Å²) in [5.74, 6) is 0.927. The van der Waals surface area contributed by atoms with Crippen molar-refractivity contribution in [2.75, 3.05) is 12.8 Å². The van der Waals surface area contributed by atoms with E-state index in [1.807, 2.05) is 29.7 Å². The van der Waals surface area contributed by atoms with Crippen molar-refractivity contribution in [3.63, 3.8) is 0 Å². The molecular weight excluding hydrogens is 216 g/mol. The lowest BCUT2D eigenvalue weighted by atomic mass is 10.3. The average Bonchev–Trinajstić information content (AvgIpc) is 2.61. The second-order valence-corrected chi connectivity index (χ2v) is 3.98. The van der Waals surface area contributed by atoms with Gasteiger partial charge in [0.25, 0.3) is 0 Å². The number of aromatic nitrogens is 2. The second kappa shape index (κ2) is 4.45. The number of anilines is 1. The Morgan fingerprint density at radius 3 is 3.00 bits per heavy atom. The Hall–Kier alpha value is -2.04. The molecule has 3 N–H and O–H groups in total. The third-order valence-corrected chi connectivity index (χ3v) is 2.80. The Morgan fingerprint density at radius 2 is 2.29 bits per heavy atom. The van der Waals surface area contributed by atoms with Gasteiger partial charge in [0.1, 0.15) is 5.82 Å². The molecule has 0 saturated heterocycles. The number of rotatable bonds is 3. The number of nitrogens with zero attached hydrogens (tertiary/aromatic N) is 2. The molecule has 90 valence electrons. The van der Waals surface area contributed by atoms with Gasteiger partial charge in [0, 0.05) is 25.7 Å². The van der Waals surface area contributed by atoms with Gasteiger partial charge in [-0.2, -0.15) is 0 Å². The van der Waals surface area contributed by atoms with Crippen molar-refractivity contribution in [3.8, 4) is 0 Å². The van der Waals surface area contributed by atoms with Crippen LogP contribution in [0.4, 0.5) is 5.69 Å². The van der Waals surface area contributed by atoms with E-state index in [0.717, 1.165) is 16.9 Å². The van der Waals surface area contributed by atoms with Gasteiger partial charge in [0.15, 0.2) is 0 Å². The van der Waals surface area contributed by atoms with Crippen molar-refractivity contribution in [1.29, 1.82) is 0 Å². The molecule has 2 aromatic rings. The van der Waals surface area contributed by atoms with Gasteiger partial charge in [-0.15, -0.1) is 0 Å². The first-order valence-corrected chi connectivity index (χ1v) is 5.55. The van der Waals surface area contributed by atoms with E-state index in [0.29, 0.717) is 18.7 Å². The van der Waals surface area contributed by atoms with Gasteiger partial charge in [-0.05, 0) is 25.1 Å². The largest absolute Gasteiger partial charge is 0.399 e. The highest BCUT2D eigenvalue weighted by atomic mass is 16.1. The lowest BCUT2D eigenvalue weighted by molar-refractivity contribution is -0.120. The van der Waals surface area contributed by atoms with Crippen LogP contribution in [0.1, 0.15) is 12.2 Å². The van der Waals surface area contributed by atoms with Gasteiger partial charge in [-0.1, -0.05) is 0 Å². The molecule has 0 spiro atoms. The normalized spacial score (nSPS) is 10.7. The fourth-order valence-electron chi connectivity index (χ4n) is 1.89. The molecule has 5 nitrogen and oxygen atoms in total. The fraction of sp³-hybridized carbons (Fsp3) is 0.333. The van der Waals surface area contributed by atoms with Crippen LogP contribution in [0, 0.1) is 6.92 Å². The number of hydrogen-bond donors (Lipinski definition) is 2. The van der Waals surface area contributed by atoms with Crippen LogP contribution in [0.3, 0.4) is 0 Å². The van der Waals surface area contributed by atoms with Crippen LogP contribution in [0.5, 0.6) is 0 Å². The van der Waals surface area contributed by atoms with Gasteiger partial charge in [0.05, 0.1) is 11.0 Å². The molecule has 0 unspecified atom stereocenters. The Balaban J connectivity index is 2.33. The number of imidazole rings is 1. The zero-order valence-corrected chi connectivity index (χ0v) is 10.0. The maximum absolute atomic E-state index is 11.2. The minimum absolute atomic E-state index is 0.0293. The lowest BCUT2D eigenvalue weighted by Crippen LogP contribution is -2.19. The quantitative estimate of drug-likeness (QED) is 0.777. The maximum Gasteiger partial charge on any atom is 0.221 e. The lowest BCUT2D eigenvalue weighted by Gasteiger charge is -2.06. The summed E-state index contributed by atoms with van der Waals surface area (Å²) >= 11 is 0. The average molecular weight is 232 g/mol. The first-order valence-electron chi connectivity index (χ1n) is 5.55. The topological polar surface area (TPSA) is 72.9 Å². The molecule has 1 heterocycles. The third kappa shape index (κ3) is 2.22. The molecule has 0 fully saturated rings. The van der Waals surface area contributed by atoms with E-state index in [-0.39, 0.29) is 5.91 Å². The summed E-state index contributed by atoms with van der Waals surface area (Å²) in [7, 11) is 1.64. The highest BCUT2D eigenvalue weighted by Crippen LogP contribution is 2.18. The highest BCUT2D eigenvalue weighted by molar-refractivity contribution is 5.80. The Labute approximate surface area is 99.6 Å². The van der Waals surface area contributed by atoms with E-state index in [1.54, 1.807) is 7.05 Å². The molecule has 1 amide bonds. The minimum Gasteiger partial charge on any atom is -0.399 e. The Kier molecular flexibility index (Phi) is 2.99. The van der Waals surface area contributed by atoms with Crippen LogP contribution in [0.15, 0.2) is 18.2 Å². The van der Waals surface area contributed by atoms with Crippen molar-refractivity contribution in [1.82, 2.24) is 14.9 Å². The van der Waals surface area contributed by atoms with E-state index in [4.69, 9.17) is 5.73 Å². The van der Waals surface area contributed by atoms with Crippen LogP contribution in [0.25, 0.3) is 11.0 Å². The number of benzene rings is 1. The van der Waals surface area contributed by atoms with Crippen LogP contribution in [0.2, 0.25) is 0 Å². The van der Waals surface area contributed by atoms with Crippen molar-refractivity contribution >= 4 is 22.6 Å². The molecule has 0 aliphatic heterocycles. The number of carbonyl (C=O) groups is 1. The minimum atomic E-state index is 0.0293. The molecule has 2 rings (SSSR count). The monoisotopic (exact) mass is 232 g/mol. The molecule has 0 aliphatic rings. The van der Waals surface area contributed by atoms with Gasteiger partial charge in [-0.3, -0.25) is 4.79 Å². The number of nitrogen functional groups attached to an aromatic ring is 1. The highest BCUT2D eigenvalue weighted by Gasteiger charge is 2.08. The maximum atomic E-state index is 11.2. The van der Waals surface area contributed by atoms with E-state index in [9.17, 15) is 4.79 Å². The SMILES string of the molecule is CNC(=O)CCn1c(C)nc2cc(N)ccc21. The Bertz CT molecular complexity index is 559. The molecule has 0 saturated carbocycles. The number of hydrogen-bond acceptors (Lipinski definition) is 3. The summed E-state index contributed by atoms with van der Waals surface area (Å²) in [6, 6.07) is 5.63. The van der Waals surface area contributed by atoms with Crippen molar-refractivity contribution in [2.45, 2.75) is 19.9 Å². The van der Waals surface area contributed by atoms with E-state index < -0.39 is 0 Å². The van der Waals surface area contributed by atoms with E-state index in [2.05, 4.69) is 10.3 Å². The van der Waals surface area contributed by atoms with Crippen molar-refractivity contribution in [2.24, 2.45) is 0 Å². The van der Waals surface area contributed by atoms with E-state index >= 15 is 0 Å². The van der Waals surface area contributed by atoms with Crippen LogP contribution in [-0.2, 0) is 11.3 Å². The zero-order chi connectivity index (χ0) is 12.4. The predicted octanol–water partition coefficient (Wildman–Crippen LogP) is 1.06. The molecule has 17 heavy (non-hydrogen) atoms. The number of nitrogens with one attached hydrogen (secondary N) is 1. The number of carbonyl (C=O) groups excluding carboxylic acids is 1. The smallest absolute Gasteiger partial charge is 0.221 e. The van der Waals surface area contributed by atoms with Gasteiger partial charge < -0.3 is 15.6 Å². The molecule has 1 aromatic carbocycles. The molecule has 0 bridgehead atoms. The number of amides is 1. The number of fused-ring (bicyclic) bond motifs is 1. The van der Waals surface area contributed by atoms with Gasteiger partial charge >= 0.3 is 0 Å². The standard InChI is InChI=1S/C12H16N4O/c1-8-15-10-7-9(13)3-4-11(10)16(8)6-5-12(17)14-2/h3-4,7H,5-6,13H2,1-2H3,(H,14,17). The molecule has 0 atom stereocenters. The summed E-state index contributed by atoms with van der Waals surface area (Å²) < 4.78 is 2.03. The summed E-state index contributed by atoms with van der Waals surface area (Å²) in [6.45, 7) is 2.56. The van der Waals surface area contributed by atoms with Crippen molar-refractivity contribution < 1.29 is 4.79 Å². The fourth-order valence-corrected chi connectivity index (χ4v) is 1.89. The molecule has 1 aromatic heterocycles. The van der Waals surface area contributed by atoms with Crippen LogP contribution >= 0.6 is 0 Å². The van der Waals surface area contributed by atoms with Gasteiger partial charge in [0.2, 0.25) is 5.91 Å². The van der Waals surface area contributed by atoms with E-state index in [1.165, 1.54) is 0 Å². The molecular formula is C12H16N4O. The molecule has 5 heteroatoms. The summed E-state index contributed by atoms with van der Waals surface area (Å²) in [6.07, 6.45) is 0.452.